The van der Waals surface area contributed by atoms with Crippen molar-refractivity contribution in [1.82, 2.24) is 24.1 Å². The first-order chi connectivity index (χ1) is 35.7. The molecule has 8 aromatic carbocycles. The molecule has 3 heterocycles. The number of fused-ring (bicyclic) bond motifs is 7. The summed E-state index contributed by atoms with van der Waals surface area (Å²) in [6, 6.07) is 10.7. The van der Waals surface area contributed by atoms with Crippen LogP contribution in [0.15, 0.2) is 200 Å². The standard InChI is InChI=1S/C51H33N5/c1-4-14-34(15-5-1)36-24-26-39(27-25-36)50-52-49(38-18-8-3-9-19-38)53-51(54-50)56-44-22-12-10-20-41(44)42-32-33-46-47(48(42)56)43-21-11-13-23-45(43)55(46)40-30-28-37(29-31-40)35-16-6-2-7-17-35/h1-33H/i2D,6D,7D,10D,11D,12D,13D,16D,17D,20D,21D,22D,23D,28D,29D,30D,31D,32D,33D. The minimum Gasteiger partial charge on any atom is -0.309 e. The predicted octanol–water partition coefficient (Wildman–Crippen LogP) is 12.7. The van der Waals surface area contributed by atoms with E-state index in [1.807, 2.05) is 42.5 Å². The molecule has 0 unspecified atom stereocenters. The summed E-state index contributed by atoms with van der Waals surface area (Å²) < 4.78 is 174. The summed E-state index contributed by atoms with van der Waals surface area (Å²) in [5, 5.41) is -1.23. The van der Waals surface area contributed by atoms with Crippen molar-refractivity contribution in [1.29, 1.82) is 0 Å². The summed E-state index contributed by atoms with van der Waals surface area (Å²) in [5.41, 5.74) is -0.757. The summed E-state index contributed by atoms with van der Waals surface area (Å²) in [7, 11) is 0. The Kier molecular flexibility index (Phi) is 4.22. The number of hydrogen-bond donors (Lipinski definition) is 0. The van der Waals surface area contributed by atoms with Crippen LogP contribution in [-0.2, 0) is 0 Å². The summed E-state index contributed by atoms with van der Waals surface area (Å²) in [6.45, 7) is 0. The van der Waals surface area contributed by atoms with Crippen LogP contribution < -0.4 is 0 Å². The number of benzene rings is 8. The topological polar surface area (TPSA) is 48.5 Å². The van der Waals surface area contributed by atoms with Crippen LogP contribution in [0.1, 0.15) is 26.0 Å². The van der Waals surface area contributed by atoms with Crippen molar-refractivity contribution in [3.8, 4) is 56.7 Å². The fourth-order valence-electron chi connectivity index (χ4n) is 6.92. The van der Waals surface area contributed by atoms with E-state index in [4.69, 9.17) is 27.3 Å². The second-order valence-corrected chi connectivity index (χ2v) is 12.6. The van der Waals surface area contributed by atoms with Gasteiger partial charge in [0.05, 0.1) is 48.1 Å². The maximum Gasteiger partial charge on any atom is 0.238 e. The van der Waals surface area contributed by atoms with E-state index in [1.165, 1.54) is 4.57 Å². The van der Waals surface area contributed by atoms with E-state index in [0.29, 0.717) is 11.1 Å². The van der Waals surface area contributed by atoms with Gasteiger partial charge >= 0.3 is 0 Å². The van der Waals surface area contributed by atoms with Crippen LogP contribution in [0.4, 0.5) is 0 Å². The first-order valence-electron chi connectivity index (χ1n) is 26.8. The molecule has 3 aromatic heterocycles. The fraction of sp³-hybridized carbons (Fsp3) is 0. The summed E-state index contributed by atoms with van der Waals surface area (Å²) >= 11 is 0. The molecule has 11 aromatic rings. The molecular weight excluding hydrogens is 683 g/mol. The maximum absolute atomic E-state index is 9.78. The van der Waals surface area contributed by atoms with Crippen LogP contribution in [0, 0.1) is 0 Å². The minimum atomic E-state index is -0.928. The lowest BCUT2D eigenvalue weighted by molar-refractivity contribution is 0.955. The zero-order valence-corrected chi connectivity index (χ0v) is 28.8. The van der Waals surface area contributed by atoms with Crippen molar-refractivity contribution in [3.63, 3.8) is 0 Å². The van der Waals surface area contributed by atoms with Crippen LogP contribution in [0.3, 0.4) is 0 Å². The van der Waals surface area contributed by atoms with Crippen molar-refractivity contribution < 1.29 is 26.0 Å². The molecule has 0 N–H and O–H groups in total. The zero-order valence-electron chi connectivity index (χ0n) is 47.8. The number of aromatic nitrogens is 5. The normalized spacial score (nSPS) is 16.3. The van der Waals surface area contributed by atoms with Crippen LogP contribution in [0.5, 0.6) is 0 Å². The molecule has 0 bridgehead atoms. The van der Waals surface area contributed by atoms with Crippen LogP contribution in [-0.4, -0.2) is 24.1 Å². The Morgan fingerprint density at radius 3 is 1.59 bits per heavy atom. The Balaban J connectivity index is 1.35. The average Bonchev–Trinajstić information content (AvgIpc) is 3.99. The molecule has 5 nitrogen and oxygen atoms in total. The molecule has 0 saturated carbocycles. The summed E-state index contributed by atoms with van der Waals surface area (Å²) in [6.07, 6.45) is 0. The van der Waals surface area contributed by atoms with Crippen molar-refractivity contribution in [3.05, 3.63) is 200 Å². The van der Waals surface area contributed by atoms with Gasteiger partial charge in [-0.1, -0.05) is 170 Å². The van der Waals surface area contributed by atoms with Gasteiger partial charge in [-0.2, -0.15) is 9.97 Å². The second kappa shape index (κ2) is 13.0. The molecule has 0 saturated heterocycles. The van der Waals surface area contributed by atoms with Gasteiger partial charge in [0.2, 0.25) is 5.95 Å². The number of hydrogen-bond acceptors (Lipinski definition) is 3. The van der Waals surface area contributed by atoms with E-state index < -0.39 is 143 Å². The van der Waals surface area contributed by atoms with Gasteiger partial charge < -0.3 is 4.57 Å². The minimum absolute atomic E-state index is 0.0842. The third-order valence-corrected chi connectivity index (χ3v) is 9.44. The molecule has 5 heteroatoms. The van der Waals surface area contributed by atoms with Gasteiger partial charge in [-0.05, 0) is 52.5 Å². The molecule has 56 heavy (non-hydrogen) atoms. The van der Waals surface area contributed by atoms with E-state index in [0.717, 1.165) is 15.7 Å². The molecule has 0 radical (unpaired) electrons. The quantitative estimate of drug-likeness (QED) is 0.171. The van der Waals surface area contributed by atoms with Gasteiger partial charge in [0.1, 0.15) is 0 Å². The van der Waals surface area contributed by atoms with Gasteiger partial charge in [0.25, 0.3) is 0 Å². The first kappa shape index (κ1) is 18.1. The van der Waals surface area contributed by atoms with E-state index in [9.17, 15) is 13.7 Å². The highest BCUT2D eigenvalue weighted by molar-refractivity contribution is 6.26. The van der Waals surface area contributed by atoms with Gasteiger partial charge in [-0.15, -0.1) is 0 Å². The predicted molar refractivity (Wildman–Crippen MR) is 230 cm³/mol. The monoisotopic (exact) mass is 734 g/mol. The van der Waals surface area contributed by atoms with Crippen LogP contribution >= 0.6 is 0 Å². The summed E-state index contributed by atoms with van der Waals surface area (Å²) in [5.74, 6) is -0.116. The molecular formula is C51H33N5. The van der Waals surface area contributed by atoms with Crippen molar-refractivity contribution in [2.45, 2.75) is 0 Å². The van der Waals surface area contributed by atoms with Crippen LogP contribution in [0.2, 0.25) is 0 Å². The van der Waals surface area contributed by atoms with Crippen molar-refractivity contribution in [2.75, 3.05) is 0 Å². The highest BCUT2D eigenvalue weighted by atomic mass is 15.2. The fourth-order valence-corrected chi connectivity index (χ4v) is 6.92. The Morgan fingerprint density at radius 1 is 0.357 bits per heavy atom. The lowest BCUT2D eigenvalue weighted by Crippen LogP contribution is -2.06. The molecule has 0 amide bonds. The van der Waals surface area contributed by atoms with Crippen LogP contribution in [0.25, 0.3) is 100 Å². The summed E-state index contributed by atoms with van der Waals surface area (Å²) in [4.78, 5) is 14.7. The molecule has 0 aliphatic carbocycles. The molecule has 0 aliphatic rings. The van der Waals surface area contributed by atoms with Crippen molar-refractivity contribution in [2.24, 2.45) is 0 Å². The Hall–Kier alpha value is -7.63. The Morgan fingerprint density at radius 2 is 0.893 bits per heavy atom. The second-order valence-electron chi connectivity index (χ2n) is 12.6. The largest absolute Gasteiger partial charge is 0.309 e. The average molecular weight is 735 g/mol. The Labute approximate surface area is 350 Å². The molecule has 11 rings (SSSR count). The number of nitrogens with zero attached hydrogens (tertiary/aromatic N) is 5. The highest BCUT2D eigenvalue weighted by Gasteiger charge is 2.23. The molecule has 0 aliphatic heterocycles. The highest BCUT2D eigenvalue weighted by Crippen LogP contribution is 2.42. The van der Waals surface area contributed by atoms with Gasteiger partial charge in [0.15, 0.2) is 11.6 Å². The third kappa shape index (κ3) is 5.21. The Bertz CT molecular complexity index is 4270. The van der Waals surface area contributed by atoms with Gasteiger partial charge in [-0.3, -0.25) is 4.57 Å². The van der Waals surface area contributed by atoms with Gasteiger partial charge in [0, 0.05) is 38.4 Å². The van der Waals surface area contributed by atoms with E-state index in [-0.39, 0.29) is 50.2 Å². The zero-order chi connectivity index (χ0) is 53.5. The first-order valence-corrected chi connectivity index (χ1v) is 17.3. The number of rotatable bonds is 6. The molecule has 0 spiro atoms. The SMILES string of the molecule is [2H]c1c([2H])c([2H])c(-c2c([2H])c([2H])c(-n3c4c([2H])c([2H])c([2H])c([2H])c4c4c3c([2H])c([2H])c3c5c([2H])c([2H])c([2H])c([2H])c5n(-c5nc(-c6ccccc6)nc(-c6ccc(-c7ccccc7)cc6)n5)c34)c([2H])c2[2H])c([2H])c1[2H]. The third-order valence-electron chi connectivity index (χ3n) is 9.44. The molecule has 0 fully saturated rings. The number of para-hydroxylation sites is 2. The molecule has 262 valence electrons. The lowest BCUT2D eigenvalue weighted by atomic mass is 10.0. The smallest absolute Gasteiger partial charge is 0.238 e. The van der Waals surface area contributed by atoms with E-state index in [1.54, 1.807) is 42.5 Å². The van der Waals surface area contributed by atoms with Gasteiger partial charge in [-0.25, -0.2) is 4.98 Å². The lowest BCUT2D eigenvalue weighted by Gasteiger charge is -2.12. The van der Waals surface area contributed by atoms with Crippen molar-refractivity contribution >= 4 is 43.6 Å². The maximum atomic E-state index is 9.78. The van der Waals surface area contributed by atoms with E-state index in [2.05, 4.69) is 0 Å². The molecule has 0 atom stereocenters. The van der Waals surface area contributed by atoms with E-state index >= 15 is 0 Å².